The molecule has 1 aromatic rings. The minimum atomic E-state index is -0.327. The number of methoxy groups -OCH3 is 1. The van der Waals surface area contributed by atoms with Crippen LogP contribution in [0, 0.1) is 0 Å². The molecule has 1 aliphatic rings. The topological polar surface area (TPSA) is 84.0 Å². The minimum Gasteiger partial charge on any atom is -0.383 e. The van der Waals surface area contributed by atoms with Crippen molar-refractivity contribution in [2.45, 2.75) is 32.4 Å². The first kappa shape index (κ1) is 19.2. The molecule has 1 atom stereocenters. The number of carbonyl (C=O) groups is 1. The van der Waals surface area contributed by atoms with Gasteiger partial charge in [0.2, 0.25) is 0 Å². The van der Waals surface area contributed by atoms with Gasteiger partial charge < -0.3 is 25.4 Å². The van der Waals surface area contributed by atoms with Crippen molar-refractivity contribution >= 4 is 17.6 Å². The van der Waals surface area contributed by atoms with Gasteiger partial charge in [-0.3, -0.25) is 4.79 Å². The average molecular weight is 348 g/mol. The molecule has 7 nitrogen and oxygen atoms in total. The highest BCUT2D eigenvalue weighted by atomic mass is 16.5. The van der Waals surface area contributed by atoms with Crippen LogP contribution in [0.3, 0.4) is 0 Å². The second-order valence-electron chi connectivity index (χ2n) is 5.81. The Kier molecular flexibility index (Phi) is 8.21. The van der Waals surface area contributed by atoms with E-state index in [-0.39, 0.29) is 12.0 Å². The van der Waals surface area contributed by atoms with Crippen LogP contribution in [-0.4, -0.2) is 51.4 Å². The fourth-order valence-electron chi connectivity index (χ4n) is 2.54. The number of nitrogens with one attached hydrogen (secondary N) is 3. The summed E-state index contributed by atoms with van der Waals surface area (Å²) in [6.45, 7) is 5.31. The molecule has 7 heteroatoms. The van der Waals surface area contributed by atoms with Crippen molar-refractivity contribution in [2.24, 2.45) is 4.99 Å². The molecule has 1 aromatic carbocycles. The van der Waals surface area contributed by atoms with Gasteiger partial charge in [-0.05, 0) is 37.5 Å². The predicted octanol–water partition coefficient (Wildman–Crippen LogP) is 1.51. The number of carbonyl (C=O) groups excluding carboxylic acids is 1. The van der Waals surface area contributed by atoms with E-state index in [1.54, 1.807) is 7.11 Å². The Balaban J connectivity index is 1.92. The first-order valence-electron chi connectivity index (χ1n) is 8.75. The van der Waals surface area contributed by atoms with Crippen LogP contribution in [-0.2, 0) is 20.8 Å². The van der Waals surface area contributed by atoms with Crippen LogP contribution in [0.25, 0.3) is 0 Å². The molecule has 1 fully saturated rings. The average Bonchev–Trinajstić information content (AvgIpc) is 3.15. The van der Waals surface area contributed by atoms with Gasteiger partial charge in [0.1, 0.15) is 6.10 Å². The summed E-state index contributed by atoms with van der Waals surface area (Å²) in [5.74, 6) is 0.668. The summed E-state index contributed by atoms with van der Waals surface area (Å²) >= 11 is 0. The Bertz CT molecular complexity index is 571. The van der Waals surface area contributed by atoms with Crippen LogP contribution >= 0.6 is 0 Å². The summed E-state index contributed by atoms with van der Waals surface area (Å²) < 4.78 is 10.4. The maximum atomic E-state index is 12.1. The number of ether oxygens (including phenoxy) is 2. The fourth-order valence-corrected chi connectivity index (χ4v) is 2.54. The molecule has 1 heterocycles. The molecule has 1 amide bonds. The lowest BCUT2D eigenvalue weighted by Crippen LogP contribution is -2.38. The highest BCUT2D eigenvalue weighted by Crippen LogP contribution is 2.16. The summed E-state index contributed by atoms with van der Waals surface area (Å²) in [7, 11) is 1.67. The molecule has 0 aliphatic carbocycles. The Morgan fingerprint density at radius 1 is 1.40 bits per heavy atom. The molecule has 1 unspecified atom stereocenters. The lowest BCUT2D eigenvalue weighted by molar-refractivity contribution is -0.124. The molecule has 0 bridgehead atoms. The lowest BCUT2D eigenvalue weighted by atomic mass is 10.2. The Morgan fingerprint density at radius 2 is 2.28 bits per heavy atom. The van der Waals surface area contributed by atoms with Crippen LogP contribution in [0.1, 0.15) is 25.3 Å². The van der Waals surface area contributed by atoms with E-state index in [1.807, 2.05) is 31.2 Å². The number of hydrogen-bond acceptors (Lipinski definition) is 4. The quantitative estimate of drug-likeness (QED) is 0.377. The number of guanidine groups is 1. The number of benzene rings is 1. The van der Waals surface area contributed by atoms with Crippen molar-refractivity contribution < 1.29 is 14.3 Å². The third kappa shape index (κ3) is 6.72. The maximum absolute atomic E-state index is 12.1. The lowest BCUT2D eigenvalue weighted by Gasteiger charge is -2.12. The molecule has 1 saturated heterocycles. The van der Waals surface area contributed by atoms with Gasteiger partial charge in [-0.2, -0.15) is 0 Å². The summed E-state index contributed by atoms with van der Waals surface area (Å²) in [5, 5.41) is 9.31. The largest absolute Gasteiger partial charge is 0.383 e. The van der Waals surface area contributed by atoms with Gasteiger partial charge in [-0.25, -0.2) is 4.99 Å². The molecular formula is C18H28N4O3. The molecule has 2 rings (SSSR count). The fraction of sp³-hybridized carbons (Fsp3) is 0.556. The summed E-state index contributed by atoms with van der Waals surface area (Å²) in [4.78, 5) is 16.7. The molecule has 0 radical (unpaired) electrons. The Hall–Kier alpha value is -2.12. The van der Waals surface area contributed by atoms with Gasteiger partial charge in [0, 0.05) is 32.5 Å². The van der Waals surface area contributed by atoms with Crippen LogP contribution < -0.4 is 16.0 Å². The van der Waals surface area contributed by atoms with Gasteiger partial charge >= 0.3 is 0 Å². The van der Waals surface area contributed by atoms with Gasteiger partial charge in [-0.15, -0.1) is 0 Å². The van der Waals surface area contributed by atoms with Crippen molar-refractivity contribution in [3.8, 4) is 0 Å². The van der Waals surface area contributed by atoms with Crippen molar-refractivity contribution in [1.29, 1.82) is 0 Å². The van der Waals surface area contributed by atoms with Crippen molar-refractivity contribution in [3.63, 3.8) is 0 Å². The van der Waals surface area contributed by atoms with Crippen LogP contribution in [0.4, 0.5) is 5.69 Å². The molecule has 3 N–H and O–H groups in total. The van der Waals surface area contributed by atoms with Gasteiger partial charge in [0.15, 0.2) is 5.96 Å². The first-order valence-corrected chi connectivity index (χ1v) is 8.75. The highest BCUT2D eigenvalue weighted by molar-refractivity contribution is 5.94. The van der Waals surface area contributed by atoms with Crippen LogP contribution in [0.15, 0.2) is 29.3 Å². The van der Waals surface area contributed by atoms with E-state index in [0.29, 0.717) is 26.3 Å². The van der Waals surface area contributed by atoms with Gasteiger partial charge in [-0.1, -0.05) is 12.1 Å². The third-order valence-electron chi connectivity index (χ3n) is 3.78. The van der Waals surface area contributed by atoms with E-state index >= 15 is 0 Å². The zero-order chi connectivity index (χ0) is 17.9. The second kappa shape index (κ2) is 10.7. The van der Waals surface area contributed by atoms with E-state index in [2.05, 4.69) is 20.9 Å². The van der Waals surface area contributed by atoms with E-state index < -0.39 is 0 Å². The van der Waals surface area contributed by atoms with E-state index in [1.165, 1.54) is 0 Å². The smallest absolute Gasteiger partial charge is 0.253 e. The highest BCUT2D eigenvalue weighted by Gasteiger charge is 2.23. The second-order valence-corrected chi connectivity index (χ2v) is 5.81. The number of rotatable bonds is 8. The van der Waals surface area contributed by atoms with Crippen molar-refractivity contribution in [3.05, 3.63) is 29.8 Å². The molecule has 0 saturated carbocycles. The molecule has 0 spiro atoms. The van der Waals surface area contributed by atoms with E-state index in [9.17, 15) is 4.79 Å². The van der Waals surface area contributed by atoms with Crippen LogP contribution in [0.5, 0.6) is 0 Å². The van der Waals surface area contributed by atoms with Crippen molar-refractivity contribution in [1.82, 2.24) is 10.6 Å². The number of anilines is 1. The van der Waals surface area contributed by atoms with E-state index in [0.717, 1.165) is 36.6 Å². The number of nitrogens with zero attached hydrogens (tertiary/aromatic N) is 1. The first-order chi connectivity index (χ1) is 12.2. The maximum Gasteiger partial charge on any atom is 0.253 e. The normalized spacial score (nSPS) is 17.4. The zero-order valence-electron chi connectivity index (χ0n) is 15.0. The standard InChI is InChI=1S/C18H28N4O3/c1-3-19-18(20-9-11-24-2)21-13-14-6-4-7-15(12-14)22-17(23)16-8-5-10-25-16/h4,6-7,12,16H,3,5,8-11,13H2,1-2H3,(H,22,23)(H2,19,20,21). The predicted molar refractivity (Wildman–Crippen MR) is 98.7 cm³/mol. The zero-order valence-corrected chi connectivity index (χ0v) is 15.0. The Labute approximate surface area is 149 Å². The molecule has 1 aliphatic heterocycles. The number of aliphatic imine (C=N–C) groups is 1. The van der Waals surface area contributed by atoms with Gasteiger partial charge in [0.25, 0.3) is 5.91 Å². The van der Waals surface area contributed by atoms with Crippen LogP contribution in [0.2, 0.25) is 0 Å². The SMILES string of the molecule is CCNC(=NCc1cccc(NC(=O)C2CCCO2)c1)NCCOC. The summed E-state index contributed by atoms with van der Waals surface area (Å²) in [6, 6.07) is 7.72. The molecule has 25 heavy (non-hydrogen) atoms. The summed E-state index contributed by atoms with van der Waals surface area (Å²) in [5.41, 5.74) is 1.79. The minimum absolute atomic E-state index is 0.0762. The number of hydrogen-bond donors (Lipinski definition) is 3. The molecule has 0 aromatic heterocycles. The monoisotopic (exact) mass is 348 g/mol. The number of amides is 1. The van der Waals surface area contributed by atoms with Crippen molar-refractivity contribution in [2.75, 3.05) is 38.7 Å². The summed E-state index contributed by atoms with van der Waals surface area (Å²) in [6.07, 6.45) is 1.40. The van der Waals surface area contributed by atoms with E-state index in [4.69, 9.17) is 9.47 Å². The van der Waals surface area contributed by atoms with Gasteiger partial charge in [0.05, 0.1) is 13.2 Å². The molecule has 138 valence electrons. The molecular weight excluding hydrogens is 320 g/mol. The Morgan fingerprint density at radius 3 is 3.00 bits per heavy atom. The third-order valence-corrected chi connectivity index (χ3v) is 3.78.